The highest BCUT2D eigenvalue weighted by molar-refractivity contribution is 6.46. The topological polar surface area (TPSA) is 122 Å². The Morgan fingerprint density at radius 3 is 2.57 bits per heavy atom. The Balaban J connectivity index is 1.55. The number of hydrogen-bond acceptors (Lipinski definition) is 10. The molecule has 4 heterocycles. The van der Waals surface area contributed by atoms with Crippen LogP contribution in [0.2, 0.25) is 0 Å². The number of rotatable bonds is 6. The standard InChI is InChI=1S/C26H25NO10/c1-31-18-9-15(23(32-2)25-24(18)36-12-37-25)20-19(21(28)13-5-6-16-17(8-13)35-11-34-16)22(29)26(30)27(20)10-14-4-3-7-33-14/h5-6,8-9,14,20,28H,3-4,7,10-12H2,1-2H3/t14-,20+/m1/s1. The van der Waals surface area contributed by atoms with Crippen molar-refractivity contribution in [3.63, 3.8) is 0 Å². The van der Waals surface area contributed by atoms with Crippen LogP contribution >= 0.6 is 0 Å². The summed E-state index contributed by atoms with van der Waals surface area (Å²) < 4.78 is 39.0. The molecule has 4 aliphatic heterocycles. The molecular formula is C26H25NO10. The smallest absolute Gasteiger partial charge is 0.295 e. The summed E-state index contributed by atoms with van der Waals surface area (Å²) in [5.74, 6) is 0.292. The second-order valence-corrected chi connectivity index (χ2v) is 8.92. The number of hydrogen-bond donors (Lipinski definition) is 1. The molecule has 0 bridgehead atoms. The average molecular weight is 511 g/mol. The predicted octanol–water partition coefficient (Wildman–Crippen LogP) is 2.76. The van der Waals surface area contributed by atoms with Crippen LogP contribution in [0.15, 0.2) is 29.8 Å². The molecule has 194 valence electrons. The largest absolute Gasteiger partial charge is 0.507 e. The van der Waals surface area contributed by atoms with E-state index in [9.17, 15) is 14.7 Å². The Kier molecular flexibility index (Phi) is 5.71. The van der Waals surface area contributed by atoms with Gasteiger partial charge in [0.2, 0.25) is 25.1 Å². The summed E-state index contributed by atoms with van der Waals surface area (Å²) in [6, 6.07) is 5.44. The van der Waals surface area contributed by atoms with Crippen molar-refractivity contribution >= 4 is 17.4 Å². The van der Waals surface area contributed by atoms with Crippen molar-refractivity contribution in [1.29, 1.82) is 0 Å². The quantitative estimate of drug-likeness (QED) is 0.352. The number of benzene rings is 2. The van der Waals surface area contributed by atoms with E-state index in [4.69, 9.17) is 33.2 Å². The van der Waals surface area contributed by atoms with Crippen LogP contribution < -0.4 is 28.4 Å². The maximum absolute atomic E-state index is 13.5. The first-order chi connectivity index (χ1) is 18.0. The monoisotopic (exact) mass is 511 g/mol. The molecule has 2 fully saturated rings. The van der Waals surface area contributed by atoms with Crippen LogP contribution in [0.5, 0.6) is 34.5 Å². The predicted molar refractivity (Wildman–Crippen MR) is 126 cm³/mol. The number of ether oxygens (including phenoxy) is 7. The summed E-state index contributed by atoms with van der Waals surface area (Å²) in [6.45, 7) is 0.753. The zero-order chi connectivity index (χ0) is 25.7. The third-order valence-corrected chi connectivity index (χ3v) is 6.92. The van der Waals surface area contributed by atoms with Crippen molar-refractivity contribution in [2.45, 2.75) is 25.0 Å². The van der Waals surface area contributed by atoms with E-state index < -0.39 is 17.7 Å². The number of fused-ring (bicyclic) bond motifs is 2. The van der Waals surface area contributed by atoms with Crippen LogP contribution in [0.25, 0.3) is 5.76 Å². The van der Waals surface area contributed by atoms with Crippen molar-refractivity contribution in [3.8, 4) is 34.5 Å². The van der Waals surface area contributed by atoms with Gasteiger partial charge in [0.1, 0.15) is 5.76 Å². The van der Waals surface area contributed by atoms with Crippen molar-refractivity contribution in [3.05, 3.63) is 41.0 Å². The molecule has 2 atom stereocenters. The number of nitrogens with zero attached hydrogens (tertiary/aromatic N) is 1. The van der Waals surface area contributed by atoms with E-state index in [0.29, 0.717) is 46.5 Å². The summed E-state index contributed by atoms with van der Waals surface area (Å²) >= 11 is 0. The summed E-state index contributed by atoms with van der Waals surface area (Å²) in [6.07, 6.45) is 1.37. The van der Waals surface area contributed by atoms with Gasteiger partial charge in [0.15, 0.2) is 23.0 Å². The SMILES string of the molecule is COc1cc([C@H]2C(=C(O)c3ccc4c(c3)OCO4)C(=O)C(=O)N2C[C@H]2CCCO2)c(OC)c2c1OCO2. The zero-order valence-electron chi connectivity index (χ0n) is 20.3. The summed E-state index contributed by atoms with van der Waals surface area (Å²) in [7, 11) is 2.93. The molecule has 0 radical (unpaired) electrons. The first kappa shape index (κ1) is 23.3. The highest BCUT2D eigenvalue weighted by Gasteiger charge is 2.49. The fraction of sp³-hybridized carbons (Fsp3) is 0.385. The molecule has 4 aliphatic rings. The van der Waals surface area contributed by atoms with Crippen molar-refractivity contribution in [2.24, 2.45) is 0 Å². The third kappa shape index (κ3) is 3.69. The van der Waals surface area contributed by atoms with Crippen molar-refractivity contribution < 1.29 is 47.9 Å². The van der Waals surface area contributed by atoms with Crippen molar-refractivity contribution in [2.75, 3.05) is 41.0 Å². The van der Waals surface area contributed by atoms with Crippen molar-refractivity contribution in [1.82, 2.24) is 4.90 Å². The lowest BCUT2D eigenvalue weighted by atomic mass is 9.93. The number of Topliss-reactive ketones (excluding diaryl/α,β-unsaturated/α-hetero) is 1. The van der Waals surface area contributed by atoms with E-state index in [2.05, 4.69) is 0 Å². The number of likely N-dealkylation sites (tertiary alicyclic amines) is 1. The normalized spacial score (nSPS) is 23.1. The molecule has 2 saturated heterocycles. The minimum absolute atomic E-state index is 0.0429. The van der Waals surface area contributed by atoms with Gasteiger partial charge in [-0.25, -0.2) is 0 Å². The molecule has 0 aromatic heterocycles. The first-order valence-electron chi connectivity index (χ1n) is 11.9. The lowest BCUT2D eigenvalue weighted by Gasteiger charge is -2.29. The van der Waals surface area contributed by atoms with Crippen LogP contribution in [0.1, 0.15) is 30.0 Å². The van der Waals surface area contributed by atoms with Crippen LogP contribution in [-0.2, 0) is 14.3 Å². The fourth-order valence-electron chi connectivity index (χ4n) is 5.20. The molecule has 2 aromatic rings. The van der Waals surface area contributed by atoms with Gasteiger partial charge < -0.3 is 43.2 Å². The maximum atomic E-state index is 13.5. The van der Waals surface area contributed by atoms with Crippen LogP contribution in [0.3, 0.4) is 0 Å². The number of ketones is 1. The fourth-order valence-corrected chi connectivity index (χ4v) is 5.20. The third-order valence-electron chi connectivity index (χ3n) is 6.92. The Hall–Kier alpha value is -4.12. The zero-order valence-corrected chi connectivity index (χ0v) is 20.3. The molecule has 1 amide bonds. The molecule has 11 nitrogen and oxygen atoms in total. The van der Waals surface area contributed by atoms with Gasteiger partial charge in [0, 0.05) is 24.3 Å². The second-order valence-electron chi connectivity index (χ2n) is 8.92. The van der Waals surface area contributed by atoms with Crippen LogP contribution in [-0.4, -0.2) is 68.8 Å². The first-order valence-corrected chi connectivity index (χ1v) is 11.9. The lowest BCUT2D eigenvalue weighted by Crippen LogP contribution is -2.36. The Labute approximate surface area is 212 Å². The summed E-state index contributed by atoms with van der Waals surface area (Å²) in [5.41, 5.74) is 0.611. The minimum atomic E-state index is -1.01. The number of aliphatic hydroxyl groups is 1. The van der Waals surface area contributed by atoms with Crippen LogP contribution in [0.4, 0.5) is 0 Å². The van der Waals surface area contributed by atoms with Crippen LogP contribution in [0, 0.1) is 0 Å². The van der Waals surface area contributed by atoms with Gasteiger partial charge in [-0.2, -0.15) is 0 Å². The summed E-state index contributed by atoms with van der Waals surface area (Å²) in [5, 5.41) is 11.5. The number of carbonyl (C=O) groups excluding carboxylic acids is 2. The Bertz CT molecular complexity index is 1310. The van der Waals surface area contributed by atoms with Gasteiger partial charge in [-0.15, -0.1) is 0 Å². The average Bonchev–Trinajstić information content (AvgIpc) is 3.72. The summed E-state index contributed by atoms with van der Waals surface area (Å²) in [4.78, 5) is 28.3. The van der Waals surface area contributed by atoms with E-state index in [-0.39, 0.29) is 43.3 Å². The molecule has 1 N–H and O–H groups in total. The Morgan fingerprint density at radius 2 is 1.81 bits per heavy atom. The number of aliphatic hydroxyl groups excluding tert-OH is 1. The number of methoxy groups -OCH3 is 2. The van der Waals surface area contributed by atoms with Gasteiger partial charge in [-0.3, -0.25) is 9.59 Å². The van der Waals surface area contributed by atoms with E-state index in [1.165, 1.54) is 19.1 Å². The maximum Gasteiger partial charge on any atom is 0.295 e. The van der Waals surface area contributed by atoms with E-state index >= 15 is 0 Å². The van der Waals surface area contributed by atoms with E-state index in [0.717, 1.165) is 12.8 Å². The molecular weight excluding hydrogens is 486 g/mol. The van der Waals surface area contributed by atoms with Gasteiger partial charge >= 0.3 is 0 Å². The van der Waals surface area contributed by atoms with E-state index in [1.807, 2.05) is 0 Å². The molecule has 0 spiro atoms. The van der Waals surface area contributed by atoms with E-state index in [1.54, 1.807) is 24.3 Å². The molecule has 0 saturated carbocycles. The number of amides is 1. The molecule has 6 rings (SSSR count). The van der Waals surface area contributed by atoms with Gasteiger partial charge in [-0.05, 0) is 37.1 Å². The lowest BCUT2D eigenvalue weighted by molar-refractivity contribution is -0.140. The molecule has 37 heavy (non-hydrogen) atoms. The molecule has 11 heteroatoms. The highest BCUT2D eigenvalue weighted by atomic mass is 16.7. The minimum Gasteiger partial charge on any atom is -0.507 e. The Morgan fingerprint density at radius 1 is 1.03 bits per heavy atom. The highest BCUT2D eigenvalue weighted by Crippen LogP contribution is 2.54. The van der Waals surface area contributed by atoms with Gasteiger partial charge in [0.05, 0.1) is 31.9 Å². The second kappa shape index (κ2) is 9.07. The molecule has 0 aliphatic carbocycles. The van der Waals surface area contributed by atoms with Gasteiger partial charge in [-0.1, -0.05) is 0 Å². The molecule has 0 unspecified atom stereocenters. The number of carbonyl (C=O) groups is 2. The van der Waals surface area contributed by atoms with Gasteiger partial charge in [0.25, 0.3) is 11.7 Å². The molecule has 2 aromatic carbocycles.